The predicted octanol–water partition coefficient (Wildman–Crippen LogP) is 1.35. The van der Waals surface area contributed by atoms with Gasteiger partial charge in [0.1, 0.15) is 11.6 Å². The number of oxazole rings is 1. The molecule has 0 aliphatic heterocycles. The highest BCUT2D eigenvalue weighted by atomic mass is 16.4. The summed E-state index contributed by atoms with van der Waals surface area (Å²) < 4.78 is 5.47. The molecule has 1 aromatic heterocycles. The number of nitrogens with two attached hydrogens (primary N) is 1. The molecule has 1 amide bonds. The molecule has 96 valence electrons. The van der Waals surface area contributed by atoms with Crippen molar-refractivity contribution in [2.24, 2.45) is 0 Å². The van der Waals surface area contributed by atoms with E-state index in [0.717, 1.165) is 0 Å². The molecule has 2 aromatic rings. The third-order valence-electron chi connectivity index (χ3n) is 2.50. The molecule has 2 rings (SSSR count). The van der Waals surface area contributed by atoms with E-state index in [0.29, 0.717) is 29.3 Å². The molecule has 0 aliphatic carbocycles. The second kappa shape index (κ2) is 4.95. The number of amides is 1. The number of carbonyl (C=O) groups excluding carboxylic acids is 1. The number of benzene rings is 1. The summed E-state index contributed by atoms with van der Waals surface area (Å²) >= 11 is 0. The summed E-state index contributed by atoms with van der Waals surface area (Å²) in [5, 5.41) is 5.62. The van der Waals surface area contributed by atoms with Crippen molar-refractivity contribution in [2.75, 3.05) is 17.6 Å². The fourth-order valence-electron chi connectivity index (χ4n) is 1.58. The van der Waals surface area contributed by atoms with E-state index in [2.05, 4.69) is 15.6 Å². The lowest BCUT2D eigenvalue weighted by atomic mass is 10.3. The molecule has 6 heteroatoms. The van der Waals surface area contributed by atoms with Crippen LogP contribution in [0, 0.1) is 0 Å². The molecule has 0 bridgehead atoms. The van der Waals surface area contributed by atoms with E-state index < -0.39 is 6.04 Å². The lowest BCUT2D eigenvalue weighted by Crippen LogP contribution is -2.37. The van der Waals surface area contributed by atoms with Gasteiger partial charge < -0.3 is 20.8 Å². The molecular weight excluding hydrogens is 232 g/mol. The minimum Gasteiger partial charge on any atom is -0.423 e. The molecule has 0 saturated heterocycles. The van der Waals surface area contributed by atoms with Crippen LogP contribution in [0.1, 0.15) is 13.8 Å². The number of hydrogen-bond acceptors (Lipinski definition) is 5. The maximum atomic E-state index is 11.6. The van der Waals surface area contributed by atoms with E-state index in [1.165, 1.54) is 0 Å². The largest absolute Gasteiger partial charge is 0.423 e. The van der Waals surface area contributed by atoms with Crippen molar-refractivity contribution in [2.45, 2.75) is 19.9 Å². The Balaban J connectivity index is 2.14. The number of rotatable bonds is 4. The van der Waals surface area contributed by atoms with E-state index in [-0.39, 0.29) is 5.91 Å². The summed E-state index contributed by atoms with van der Waals surface area (Å²) in [4.78, 5) is 15.8. The van der Waals surface area contributed by atoms with E-state index in [1.807, 2.05) is 6.92 Å². The van der Waals surface area contributed by atoms with Gasteiger partial charge in [-0.05, 0) is 26.0 Å². The van der Waals surface area contributed by atoms with E-state index in [4.69, 9.17) is 10.2 Å². The van der Waals surface area contributed by atoms with Crippen molar-refractivity contribution in [1.29, 1.82) is 0 Å². The van der Waals surface area contributed by atoms with E-state index >= 15 is 0 Å². The fraction of sp³-hybridized carbons (Fsp3) is 0.333. The van der Waals surface area contributed by atoms with Crippen LogP contribution < -0.4 is 16.4 Å². The van der Waals surface area contributed by atoms with Gasteiger partial charge in [-0.25, -0.2) is 0 Å². The van der Waals surface area contributed by atoms with Crippen LogP contribution in [0.25, 0.3) is 11.1 Å². The highest BCUT2D eigenvalue weighted by Gasteiger charge is 2.14. The monoisotopic (exact) mass is 248 g/mol. The van der Waals surface area contributed by atoms with Gasteiger partial charge in [0.25, 0.3) is 6.01 Å². The summed E-state index contributed by atoms with van der Waals surface area (Å²) in [6, 6.07) is 5.13. The number of likely N-dealkylation sites (N-methyl/N-ethyl adjacent to an activating group) is 1. The van der Waals surface area contributed by atoms with Crippen LogP contribution in [0.3, 0.4) is 0 Å². The third-order valence-corrected chi connectivity index (χ3v) is 2.50. The first kappa shape index (κ1) is 12.2. The first-order valence-corrected chi connectivity index (χ1v) is 5.80. The normalized spacial score (nSPS) is 12.3. The van der Waals surface area contributed by atoms with Crippen molar-refractivity contribution >= 4 is 28.7 Å². The number of carbonyl (C=O) groups is 1. The summed E-state index contributed by atoms with van der Waals surface area (Å²) in [7, 11) is 0. The lowest BCUT2D eigenvalue weighted by Gasteiger charge is -2.10. The molecule has 1 atom stereocenters. The van der Waals surface area contributed by atoms with E-state index in [1.54, 1.807) is 25.1 Å². The zero-order chi connectivity index (χ0) is 13.1. The maximum Gasteiger partial charge on any atom is 0.296 e. The Hall–Kier alpha value is -2.24. The van der Waals surface area contributed by atoms with Crippen LogP contribution >= 0.6 is 0 Å². The van der Waals surface area contributed by atoms with Crippen molar-refractivity contribution < 1.29 is 9.21 Å². The number of nitrogens with one attached hydrogen (secondary N) is 2. The standard InChI is InChI=1S/C12H16N4O2/c1-3-14-11(17)7(2)15-12-16-9-5-4-8(13)6-10(9)18-12/h4-7H,3,13H2,1-2H3,(H,14,17)(H,15,16). The zero-order valence-corrected chi connectivity index (χ0v) is 10.4. The van der Waals surface area contributed by atoms with Crippen molar-refractivity contribution in [1.82, 2.24) is 10.3 Å². The molecule has 1 aromatic carbocycles. The Morgan fingerprint density at radius 3 is 3.06 bits per heavy atom. The smallest absolute Gasteiger partial charge is 0.296 e. The van der Waals surface area contributed by atoms with Crippen molar-refractivity contribution in [3.8, 4) is 0 Å². The number of hydrogen-bond donors (Lipinski definition) is 3. The van der Waals surface area contributed by atoms with Crippen molar-refractivity contribution in [3.63, 3.8) is 0 Å². The van der Waals surface area contributed by atoms with Gasteiger partial charge in [0, 0.05) is 18.3 Å². The average molecular weight is 248 g/mol. The minimum atomic E-state index is -0.407. The second-order valence-corrected chi connectivity index (χ2v) is 4.01. The number of aromatic nitrogens is 1. The minimum absolute atomic E-state index is 0.0979. The highest BCUT2D eigenvalue weighted by Crippen LogP contribution is 2.21. The summed E-state index contributed by atoms with van der Waals surface area (Å²) in [5.41, 5.74) is 7.56. The first-order valence-electron chi connectivity index (χ1n) is 5.80. The van der Waals surface area contributed by atoms with Crippen molar-refractivity contribution in [3.05, 3.63) is 18.2 Å². The average Bonchev–Trinajstić information content (AvgIpc) is 2.70. The molecule has 1 heterocycles. The van der Waals surface area contributed by atoms with Crippen LogP contribution in [-0.4, -0.2) is 23.5 Å². The van der Waals surface area contributed by atoms with E-state index in [9.17, 15) is 4.79 Å². The Bertz CT molecular complexity index is 564. The topological polar surface area (TPSA) is 93.2 Å². The first-order chi connectivity index (χ1) is 8.60. The molecule has 0 aliphatic rings. The molecule has 6 nitrogen and oxygen atoms in total. The Kier molecular flexibility index (Phi) is 3.36. The SMILES string of the molecule is CCNC(=O)C(C)Nc1nc2ccc(N)cc2o1. The number of nitrogens with zero attached hydrogens (tertiary/aromatic N) is 1. The van der Waals surface area contributed by atoms with Gasteiger partial charge in [-0.2, -0.15) is 4.98 Å². The molecular formula is C12H16N4O2. The van der Waals surface area contributed by atoms with Crippen LogP contribution in [0.15, 0.2) is 22.6 Å². The lowest BCUT2D eigenvalue weighted by molar-refractivity contribution is -0.121. The molecule has 0 radical (unpaired) electrons. The molecule has 1 unspecified atom stereocenters. The molecule has 0 fully saturated rings. The third kappa shape index (κ3) is 2.53. The van der Waals surface area contributed by atoms with Gasteiger partial charge >= 0.3 is 0 Å². The Morgan fingerprint density at radius 2 is 2.33 bits per heavy atom. The highest BCUT2D eigenvalue weighted by molar-refractivity contribution is 5.84. The number of nitrogen functional groups attached to an aromatic ring is 1. The zero-order valence-electron chi connectivity index (χ0n) is 10.4. The Morgan fingerprint density at radius 1 is 1.56 bits per heavy atom. The van der Waals surface area contributed by atoms with Crippen LogP contribution in [0.2, 0.25) is 0 Å². The summed E-state index contributed by atoms with van der Waals surface area (Å²) in [6.07, 6.45) is 0. The van der Waals surface area contributed by atoms with Gasteiger partial charge in [-0.1, -0.05) is 0 Å². The molecule has 0 spiro atoms. The van der Waals surface area contributed by atoms with Crippen LogP contribution in [0.4, 0.5) is 11.7 Å². The van der Waals surface area contributed by atoms with Crippen LogP contribution in [-0.2, 0) is 4.79 Å². The number of anilines is 2. The molecule has 18 heavy (non-hydrogen) atoms. The van der Waals surface area contributed by atoms with Crippen LogP contribution in [0.5, 0.6) is 0 Å². The van der Waals surface area contributed by atoms with Gasteiger partial charge in [0.05, 0.1) is 0 Å². The van der Waals surface area contributed by atoms with Gasteiger partial charge in [-0.3, -0.25) is 4.79 Å². The maximum absolute atomic E-state index is 11.6. The van der Waals surface area contributed by atoms with Gasteiger partial charge in [0.15, 0.2) is 5.58 Å². The molecule has 4 N–H and O–H groups in total. The Labute approximate surface area is 105 Å². The summed E-state index contributed by atoms with van der Waals surface area (Å²) in [6.45, 7) is 4.20. The number of fused-ring (bicyclic) bond motifs is 1. The summed E-state index contributed by atoms with van der Waals surface area (Å²) in [5.74, 6) is -0.0979. The predicted molar refractivity (Wildman–Crippen MR) is 70.2 cm³/mol. The molecule has 0 saturated carbocycles. The second-order valence-electron chi connectivity index (χ2n) is 4.01. The van der Waals surface area contributed by atoms with Gasteiger partial charge in [0.2, 0.25) is 5.91 Å². The fourth-order valence-corrected chi connectivity index (χ4v) is 1.58. The quantitative estimate of drug-likeness (QED) is 0.710. The van der Waals surface area contributed by atoms with Gasteiger partial charge in [-0.15, -0.1) is 0 Å².